The highest BCUT2D eigenvalue weighted by molar-refractivity contribution is 5.87. The highest BCUT2D eigenvalue weighted by Gasteiger charge is 2.17. The number of hydrogen-bond acceptors (Lipinski definition) is 3. The van der Waals surface area contributed by atoms with Crippen LogP contribution in [-0.4, -0.2) is 31.4 Å². The Kier molecular flexibility index (Phi) is 5.16. The maximum absolute atomic E-state index is 11.4. The highest BCUT2D eigenvalue weighted by atomic mass is 16.2. The van der Waals surface area contributed by atoms with Crippen molar-refractivity contribution in [2.24, 2.45) is 5.73 Å². The molecule has 17 heavy (non-hydrogen) atoms. The smallest absolute Gasteiger partial charge is 0.240 e. The van der Waals surface area contributed by atoms with Gasteiger partial charge < -0.3 is 16.4 Å². The molecule has 1 rings (SSSR count). The number of carbonyl (C=O) groups is 2. The van der Waals surface area contributed by atoms with Gasteiger partial charge in [0.15, 0.2) is 0 Å². The Morgan fingerprint density at radius 2 is 1.94 bits per heavy atom. The summed E-state index contributed by atoms with van der Waals surface area (Å²) < 4.78 is 0. The Balaban J connectivity index is 2.61. The van der Waals surface area contributed by atoms with Crippen molar-refractivity contribution in [3.8, 4) is 0 Å². The van der Waals surface area contributed by atoms with E-state index < -0.39 is 11.9 Å². The van der Waals surface area contributed by atoms with E-state index in [0.717, 1.165) is 5.56 Å². The fourth-order valence-corrected chi connectivity index (χ4v) is 1.48. The maximum atomic E-state index is 11.4. The minimum atomic E-state index is -0.668. The lowest BCUT2D eigenvalue weighted by Crippen LogP contribution is -2.48. The van der Waals surface area contributed by atoms with Gasteiger partial charge in [-0.25, -0.2) is 0 Å². The first-order valence-electron chi connectivity index (χ1n) is 5.40. The van der Waals surface area contributed by atoms with Gasteiger partial charge in [0, 0.05) is 6.42 Å². The largest absolute Gasteiger partial charge is 0.368 e. The quantitative estimate of drug-likeness (QED) is 0.616. The monoisotopic (exact) mass is 235 g/mol. The Hall–Kier alpha value is -1.88. The fourth-order valence-electron chi connectivity index (χ4n) is 1.48. The van der Waals surface area contributed by atoms with Crippen LogP contribution in [-0.2, 0) is 16.0 Å². The average molecular weight is 235 g/mol. The zero-order chi connectivity index (χ0) is 12.7. The molecular weight excluding hydrogens is 218 g/mol. The minimum Gasteiger partial charge on any atom is -0.368 e. The molecule has 0 fully saturated rings. The Bertz CT molecular complexity index is 379. The topological polar surface area (TPSA) is 84.2 Å². The number of nitrogens with two attached hydrogens (primary N) is 1. The van der Waals surface area contributed by atoms with Crippen LogP contribution in [0.2, 0.25) is 0 Å². The second kappa shape index (κ2) is 6.65. The summed E-state index contributed by atoms with van der Waals surface area (Å²) >= 11 is 0. The van der Waals surface area contributed by atoms with Crippen molar-refractivity contribution in [2.75, 3.05) is 13.6 Å². The summed E-state index contributed by atoms with van der Waals surface area (Å²) in [6.07, 6.45) is 0.408. The molecule has 0 aliphatic heterocycles. The van der Waals surface area contributed by atoms with Crippen LogP contribution in [0.1, 0.15) is 5.56 Å². The van der Waals surface area contributed by atoms with Crippen molar-refractivity contribution in [1.82, 2.24) is 10.6 Å². The van der Waals surface area contributed by atoms with Crippen molar-refractivity contribution in [3.63, 3.8) is 0 Å². The zero-order valence-corrected chi connectivity index (χ0v) is 9.77. The molecule has 1 aromatic carbocycles. The lowest BCUT2D eigenvalue weighted by atomic mass is 10.1. The molecule has 0 unspecified atom stereocenters. The van der Waals surface area contributed by atoms with Gasteiger partial charge in [-0.15, -0.1) is 0 Å². The predicted molar refractivity (Wildman–Crippen MR) is 65.2 cm³/mol. The van der Waals surface area contributed by atoms with Gasteiger partial charge in [-0.3, -0.25) is 9.59 Å². The van der Waals surface area contributed by atoms with Crippen LogP contribution in [0.5, 0.6) is 0 Å². The lowest BCUT2D eigenvalue weighted by molar-refractivity contribution is -0.126. The Morgan fingerprint density at radius 3 is 2.47 bits per heavy atom. The first-order chi connectivity index (χ1) is 8.13. The molecule has 0 spiro atoms. The molecule has 4 N–H and O–H groups in total. The average Bonchev–Trinajstić information content (AvgIpc) is 2.29. The molecule has 0 bridgehead atoms. The van der Waals surface area contributed by atoms with Crippen LogP contribution in [0.25, 0.3) is 0 Å². The summed E-state index contributed by atoms with van der Waals surface area (Å²) in [6, 6.07) is 8.76. The van der Waals surface area contributed by atoms with Gasteiger partial charge in [-0.05, 0) is 12.6 Å². The van der Waals surface area contributed by atoms with Gasteiger partial charge in [-0.1, -0.05) is 30.3 Å². The van der Waals surface area contributed by atoms with Crippen molar-refractivity contribution < 1.29 is 9.59 Å². The molecule has 0 aromatic heterocycles. The van der Waals surface area contributed by atoms with Gasteiger partial charge in [0.1, 0.15) is 6.04 Å². The third-order valence-corrected chi connectivity index (χ3v) is 2.30. The van der Waals surface area contributed by atoms with E-state index in [2.05, 4.69) is 10.6 Å². The number of nitrogens with one attached hydrogen (secondary N) is 2. The van der Waals surface area contributed by atoms with E-state index in [1.54, 1.807) is 7.05 Å². The number of carbonyl (C=O) groups excluding carboxylic acids is 2. The summed E-state index contributed by atoms with van der Waals surface area (Å²) in [6.45, 7) is 0.165. The van der Waals surface area contributed by atoms with Crippen molar-refractivity contribution >= 4 is 11.8 Å². The van der Waals surface area contributed by atoms with Crippen molar-refractivity contribution in [2.45, 2.75) is 12.5 Å². The lowest BCUT2D eigenvalue weighted by Gasteiger charge is -2.15. The van der Waals surface area contributed by atoms with Crippen LogP contribution in [0.4, 0.5) is 0 Å². The Morgan fingerprint density at radius 1 is 1.29 bits per heavy atom. The van der Waals surface area contributed by atoms with Crippen LogP contribution in [0.3, 0.4) is 0 Å². The zero-order valence-electron chi connectivity index (χ0n) is 9.77. The van der Waals surface area contributed by atoms with Gasteiger partial charge in [0.05, 0.1) is 6.54 Å². The third-order valence-electron chi connectivity index (χ3n) is 2.30. The summed E-state index contributed by atoms with van der Waals surface area (Å²) in [7, 11) is 1.66. The number of rotatable bonds is 6. The maximum Gasteiger partial charge on any atom is 0.240 e. The van der Waals surface area contributed by atoms with E-state index in [1.165, 1.54) is 0 Å². The second-order valence-corrected chi connectivity index (χ2v) is 3.74. The molecule has 92 valence electrons. The molecule has 0 radical (unpaired) electrons. The Labute approximate surface area is 100 Å². The molecule has 0 heterocycles. The molecule has 5 heteroatoms. The summed E-state index contributed by atoms with van der Waals surface area (Å²) in [5, 5.41) is 5.30. The number of hydrogen-bond donors (Lipinski definition) is 3. The first kappa shape index (κ1) is 13.2. The molecule has 5 nitrogen and oxygen atoms in total. The molecular formula is C12H17N3O2. The van der Waals surface area contributed by atoms with E-state index in [1.807, 2.05) is 30.3 Å². The molecule has 0 aliphatic rings. The van der Waals surface area contributed by atoms with Crippen molar-refractivity contribution in [3.05, 3.63) is 35.9 Å². The molecule has 0 saturated heterocycles. The molecule has 1 aromatic rings. The predicted octanol–water partition coefficient (Wildman–Crippen LogP) is -0.581. The molecule has 2 amide bonds. The molecule has 0 saturated carbocycles. The molecule has 1 atom stereocenters. The second-order valence-electron chi connectivity index (χ2n) is 3.74. The van der Waals surface area contributed by atoms with E-state index in [0.29, 0.717) is 6.42 Å². The first-order valence-corrected chi connectivity index (χ1v) is 5.40. The number of amides is 2. The number of benzene rings is 1. The minimum absolute atomic E-state index is 0.165. The number of likely N-dealkylation sites (N-methyl/N-ethyl adjacent to an activating group) is 1. The van der Waals surface area contributed by atoms with Crippen LogP contribution in [0, 0.1) is 0 Å². The van der Waals surface area contributed by atoms with E-state index in [-0.39, 0.29) is 12.5 Å². The fraction of sp³-hybridized carbons (Fsp3) is 0.333. The van der Waals surface area contributed by atoms with Gasteiger partial charge >= 0.3 is 0 Å². The summed E-state index contributed by atoms with van der Waals surface area (Å²) in [4.78, 5) is 22.6. The van der Waals surface area contributed by atoms with Gasteiger partial charge in [-0.2, -0.15) is 0 Å². The van der Waals surface area contributed by atoms with E-state index in [4.69, 9.17) is 5.73 Å². The van der Waals surface area contributed by atoms with Gasteiger partial charge in [0.2, 0.25) is 11.8 Å². The number of primary amides is 1. The molecule has 0 aliphatic carbocycles. The van der Waals surface area contributed by atoms with E-state index >= 15 is 0 Å². The normalized spacial score (nSPS) is 11.8. The standard InChI is InChI=1S/C12H17N3O2/c1-14-8-11(16)15-10(12(13)17)7-9-5-3-2-4-6-9/h2-6,10,14H,7-8H2,1H3,(H2,13,17)(H,15,16)/t10-/m0/s1. The van der Waals surface area contributed by atoms with Gasteiger partial charge in [0.25, 0.3) is 0 Å². The van der Waals surface area contributed by atoms with Crippen LogP contribution >= 0.6 is 0 Å². The highest BCUT2D eigenvalue weighted by Crippen LogP contribution is 2.02. The van der Waals surface area contributed by atoms with Crippen LogP contribution in [0.15, 0.2) is 30.3 Å². The van der Waals surface area contributed by atoms with E-state index in [9.17, 15) is 9.59 Å². The third kappa shape index (κ3) is 4.65. The van der Waals surface area contributed by atoms with Crippen LogP contribution < -0.4 is 16.4 Å². The SMILES string of the molecule is CNCC(=O)N[C@@H](Cc1ccccc1)C(N)=O. The van der Waals surface area contributed by atoms with Crippen molar-refractivity contribution in [1.29, 1.82) is 0 Å². The summed E-state index contributed by atoms with van der Waals surface area (Å²) in [5.74, 6) is -0.773. The summed E-state index contributed by atoms with van der Waals surface area (Å²) in [5.41, 5.74) is 6.21.